The number of anilines is 2. The van der Waals surface area contributed by atoms with Gasteiger partial charge in [-0.25, -0.2) is 4.39 Å². The van der Waals surface area contributed by atoms with E-state index >= 15 is 0 Å². The predicted octanol–water partition coefficient (Wildman–Crippen LogP) is 3.46. The molecule has 0 aromatic heterocycles. The van der Waals surface area contributed by atoms with E-state index in [1.807, 2.05) is 42.2 Å². The molecule has 0 atom stereocenters. The maximum atomic E-state index is 14.0. The predicted molar refractivity (Wildman–Crippen MR) is 111 cm³/mol. The lowest BCUT2D eigenvalue weighted by molar-refractivity contribution is -0.142. The number of benzene rings is 2. The van der Waals surface area contributed by atoms with Crippen LogP contribution in [0.1, 0.15) is 25.3 Å². The summed E-state index contributed by atoms with van der Waals surface area (Å²) in [6, 6.07) is 14.4. The van der Waals surface area contributed by atoms with Crippen LogP contribution in [0.15, 0.2) is 48.5 Å². The maximum absolute atomic E-state index is 14.0. The van der Waals surface area contributed by atoms with E-state index in [9.17, 15) is 14.0 Å². The van der Waals surface area contributed by atoms with Crippen LogP contribution in [0, 0.1) is 11.2 Å². The number of amides is 2. The van der Waals surface area contributed by atoms with Crippen LogP contribution < -0.4 is 10.2 Å². The summed E-state index contributed by atoms with van der Waals surface area (Å²) in [7, 11) is 0. The molecule has 152 valence electrons. The van der Waals surface area contributed by atoms with Crippen molar-refractivity contribution < 1.29 is 14.0 Å². The Hall–Kier alpha value is -2.89. The molecule has 5 nitrogen and oxygen atoms in total. The molecule has 4 rings (SSSR count). The van der Waals surface area contributed by atoms with E-state index < -0.39 is 5.41 Å². The molecule has 2 aromatic rings. The van der Waals surface area contributed by atoms with Gasteiger partial charge in [-0.05, 0) is 43.0 Å². The van der Waals surface area contributed by atoms with Gasteiger partial charge in [0.15, 0.2) is 0 Å². The summed E-state index contributed by atoms with van der Waals surface area (Å²) in [4.78, 5) is 29.8. The average Bonchev–Trinajstić information content (AvgIpc) is 3.56. The number of halogens is 1. The fourth-order valence-electron chi connectivity index (χ4n) is 4.02. The summed E-state index contributed by atoms with van der Waals surface area (Å²) in [5.41, 5.74) is 1.46. The Labute approximate surface area is 170 Å². The minimum atomic E-state index is -0.943. The number of nitrogens with zero attached hydrogens (tertiary/aromatic N) is 2. The minimum absolute atomic E-state index is 0.0998. The highest BCUT2D eigenvalue weighted by Gasteiger charge is 2.58. The van der Waals surface area contributed by atoms with Gasteiger partial charge in [-0.2, -0.15) is 0 Å². The van der Waals surface area contributed by atoms with Crippen molar-refractivity contribution in [2.45, 2.75) is 26.2 Å². The minimum Gasteiger partial charge on any atom is -0.366 e. The summed E-state index contributed by atoms with van der Waals surface area (Å²) in [6.45, 7) is 4.14. The van der Waals surface area contributed by atoms with Crippen molar-refractivity contribution >= 4 is 23.2 Å². The summed E-state index contributed by atoms with van der Waals surface area (Å²) in [5.74, 6) is -0.558. The highest BCUT2D eigenvalue weighted by Crippen LogP contribution is 2.48. The van der Waals surface area contributed by atoms with Crippen molar-refractivity contribution in [1.29, 1.82) is 0 Å². The van der Waals surface area contributed by atoms with E-state index in [4.69, 9.17) is 0 Å². The molecule has 6 heteroatoms. The van der Waals surface area contributed by atoms with Gasteiger partial charge in [0, 0.05) is 31.9 Å². The van der Waals surface area contributed by atoms with Crippen LogP contribution in [0.25, 0.3) is 0 Å². The lowest BCUT2D eigenvalue weighted by Gasteiger charge is -2.37. The van der Waals surface area contributed by atoms with E-state index in [2.05, 4.69) is 5.32 Å². The normalized spacial score (nSPS) is 17.7. The zero-order chi connectivity index (χ0) is 20.4. The molecule has 0 spiro atoms. The Morgan fingerprint density at radius 3 is 2.31 bits per heavy atom. The van der Waals surface area contributed by atoms with Crippen molar-refractivity contribution in [1.82, 2.24) is 4.90 Å². The number of carbonyl (C=O) groups excluding carboxylic acids is 2. The number of nitrogens with one attached hydrogen (secondary N) is 1. The number of hydrogen-bond donors (Lipinski definition) is 1. The zero-order valence-electron chi connectivity index (χ0n) is 16.7. The largest absolute Gasteiger partial charge is 0.366 e. The molecule has 0 radical (unpaired) electrons. The molecule has 1 saturated carbocycles. The van der Waals surface area contributed by atoms with Crippen molar-refractivity contribution in [3.05, 3.63) is 59.9 Å². The zero-order valence-corrected chi connectivity index (χ0v) is 16.7. The van der Waals surface area contributed by atoms with Gasteiger partial charge in [-0.3, -0.25) is 9.59 Å². The molecule has 1 heterocycles. The number of piperazine rings is 1. The molecule has 2 amide bonds. The van der Waals surface area contributed by atoms with Gasteiger partial charge in [0.1, 0.15) is 11.2 Å². The summed E-state index contributed by atoms with van der Waals surface area (Å²) >= 11 is 0. The van der Waals surface area contributed by atoms with E-state index in [1.165, 1.54) is 6.07 Å². The second-order valence-corrected chi connectivity index (χ2v) is 7.78. The van der Waals surface area contributed by atoms with Crippen LogP contribution in [0.4, 0.5) is 15.8 Å². The van der Waals surface area contributed by atoms with Crippen LogP contribution >= 0.6 is 0 Å². The first kappa shape index (κ1) is 19.4. The molecule has 1 N–H and O–H groups in total. The highest BCUT2D eigenvalue weighted by molar-refractivity contribution is 6.13. The average molecular weight is 395 g/mol. The molecular formula is C23H26FN3O2. The molecule has 29 heavy (non-hydrogen) atoms. The maximum Gasteiger partial charge on any atom is 0.240 e. The summed E-state index contributed by atoms with van der Waals surface area (Å²) < 4.78 is 14.0. The van der Waals surface area contributed by atoms with Crippen molar-refractivity contribution in [2.24, 2.45) is 5.41 Å². The second-order valence-electron chi connectivity index (χ2n) is 7.78. The smallest absolute Gasteiger partial charge is 0.240 e. The van der Waals surface area contributed by atoms with Crippen molar-refractivity contribution in [2.75, 3.05) is 36.4 Å². The summed E-state index contributed by atoms with van der Waals surface area (Å²) in [6.07, 6.45) is 1.98. The molecule has 1 aliphatic heterocycles. The first-order valence-corrected chi connectivity index (χ1v) is 10.2. The number of carbonyl (C=O) groups is 2. The monoisotopic (exact) mass is 395 g/mol. The Balaban J connectivity index is 1.41. The Morgan fingerprint density at radius 2 is 1.66 bits per heavy atom. The van der Waals surface area contributed by atoms with Gasteiger partial charge < -0.3 is 15.1 Å². The standard InChI is InChI=1S/C23H26FN3O2/c1-2-17-7-3-5-9-19(17)25-21(28)23(11-12-23)22(29)27-15-13-26(14-16-27)20-10-6-4-8-18(20)24/h3-10H,2,11-16H2,1H3,(H,25,28). The van der Waals surface area contributed by atoms with Crippen LogP contribution in [0.3, 0.4) is 0 Å². The lowest BCUT2D eigenvalue weighted by atomic mass is 10.0. The quantitative estimate of drug-likeness (QED) is 0.789. The lowest BCUT2D eigenvalue weighted by Crippen LogP contribution is -2.52. The first-order valence-electron chi connectivity index (χ1n) is 10.2. The van der Waals surface area contributed by atoms with Gasteiger partial charge in [0.2, 0.25) is 11.8 Å². The molecular weight excluding hydrogens is 369 g/mol. The fraction of sp³-hybridized carbons (Fsp3) is 0.391. The molecule has 2 fully saturated rings. The van der Waals surface area contributed by atoms with Crippen LogP contribution in [0.5, 0.6) is 0 Å². The number of aryl methyl sites for hydroxylation is 1. The van der Waals surface area contributed by atoms with E-state index in [-0.39, 0.29) is 17.6 Å². The number of hydrogen-bond acceptors (Lipinski definition) is 3. The van der Waals surface area contributed by atoms with Crippen LogP contribution in [-0.2, 0) is 16.0 Å². The first-order chi connectivity index (χ1) is 14.0. The SMILES string of the molecule is CCc1ccccc1NC(=O)C1(C(=O)N2CCN(c3ccccc3F)CC2)CC1. The Morgan fingerprint density at radius 1 is 1.00 bits per heavy atom. The molecule has 1 saturated heterocycles. The third-order valence-corrected chi connectivity index (χ3v) is 6.00. The Kier molecular flexibility index (Phi) is 5.26. The topological polar surface area (TPSA) is 52.7 Å². The third kappa shape index (κ3) is 3.71. The van der Waals surface area contributed by atoms with Gasteiger partial charge >= 0.3 is 0 Å². The van der Waals surface area contributed by atoms with E-state index in [0.29, 0.717) is 44.7 Å². The highest BCUT2D eigenvalue weighted by atomic mass is 19.1. The molecule has 0 bridgehead atoms. The fourth-order valence-corrected chi connectivity index (χ4v) is 4.02. The molecule has 2 aliphatic rings. The second kappa shape index (κ2) is 7.85. The Bertz CT molecular complexity index is 918. The summed E-state index contributed by atoms with van der Waals surface area (Å²) in [5, 5.41) is 2.98. The van der Waals surface area contributed by atoms with E-state index in [1.54, 1.807) is 17.0 Å². The van der Waals surface area contributed by atoms with E-state index in [0.717, 1.165) is 17.7 Å². The molecule has 1 aliphatic carbocycles. The number of rotatable bonds is 5. The van der Waals surface area contributed by atoms with Crippen LogP contribution in [0.2, 0.25) is 0 Å². The van der Waals surface area contributed by atoms with Gasteiger partial charge in [-0.1, -0.05) is 37.3 Å². The van der Waals surface area contributed by atoms with Crippen LogP contribution in [-0.4, -0.2) is 42.9 Å². The third-order valence-electron chi connectivity index (χ3n) is 6.00. The number of para-hydroxylation sites is 2. The molecule has 2 aromatic carbocycles. The van der Waals surface area contributed by atoms with Gasteiger partial charge in [-0.15, -0.1) is 0 Å². The van der Waals surface area contributed by atoms with Crippen molar-refractivity contribution in [3.8, 4) is 0 Å². The van der Waals surface area contributed by atoms with Crippen molar-refractivity contribution in [3.63, 3.8) is 0 Å². The molecule has 0 unspecified atom stereocenters. The van der Waals surface area contributed by atoms with Gasteiger partial charge in [0.25, 0.3) is 0 Å². The van der Waals surface area contributed by atoms with Gasteiger partial charge in [0.05, 0.1) is 5.69 Å².